The molecule has 2 N–H and O–H groups in total. The zero-order chi connectivity index (χ0) is 14.0. The molecular weight excluding hydrogens is 248 g/mol. The molecule has 0 aromatic carbocycles. The third-order valence-corrected chi connectivity index (χ3v) is 3.35. The molecule has 0 saturated heterocycles. The SMILES string of the molecule is CCNC(=O)c1c(OC)c(=O)cc2n1C(CO)CC2. The lowest BCUT2D eigenvalue weighted by Crippen LogP contribution is -2.31. The Morgan fingerprint density at radius 2 is 2.37 bits per heavy atom. The van der Waals surface area contributed by atoms with Crippen LogP contribution in [0.1, 0.15) is 35.6 Å². The predicted molar refractivity (Wildman–Crippen MR) is 69.7 cm³/mol. The van der Waals surface area contributed by atoms with Crippen LogP contribution in [0.5, 0.6) is 5.75 Å². The van der Waals surface area contributed by atoms with Crippen LogP contribution < -0.4 is 15.5 Å². The smallest absolute Gasteiger partial charge is 0.271 e. The molecule has 1 aromatic heterocycles. The van der Waals surface area contributed by atoms with E-state index in [9.17, 15) is 14.7 Å². The summed E-state index contributed by atoms with van der Waals surface area (Å²) in [5, 5.41) is 12.1. The van der Waals surface area contributed by atoms with E-state index in [2.05, 4.69) is 5.32 Å². The highest BCUT2D eigenvalue weighted by molar-refractivity contribution is 5.95. The number of nitrogens with zero attached hydrogens (tertiary/aromatic N) is 1. The van der Waals surface area contributed by atoms with E-state index in [1.807, 2.05) is 0 Å². The summed E-state index contributed by atoms with van der Waals surface area (Å²) < 4.78 is 6.81. The molecule has 0 aliphatic carbocycles. The van der Waals surface area contributed by atoms with Crippen molar-refractivity contribution < 1.29 is 14.6 Å². The first-order valence-electron chi connectivity index (χ1n) is 6.35. The predicted octanol–water partition coefficient (Wildman–Crippen LogP) is 0.0862. The number of rotatable bonds is 4. The zero-order valence-corrected chi connectivity index (χ0v) is 11.1. The first kappa shape index (κ1) is 13.6. The lowest BCUT2D eigenvalue weighted by atomic mass is 10.2. The standard InChI is InChI=1S/C13H18N2O4/c1-3-14-13(18)11-12(19-2)10(17)6-8-4-5-9(7-16)15(8)11/h6,9,16H,3-5,7H2,1-2H3,(H,14,18). The molecule has 1 unspecified atom stereocenters. The van der Waals surface area contributed by atoms with Crippen molar-refractivity contribution in [2.24, 2.45) is 0 Å². The number of fused-ring (bicyclic) bond motifs is 1. The molecule has 0 radical (unpaired) electrons. The summed E-state index contributed by atoms with van der Waals surface area (Å²) >= 11 is 0. The Balaban J connectivity index is 2.66. The Kier molecular flexibility index (Phi) is 3.90. The minimum atomic E-state index is -0.348. The highest BCUT2D eigenvalue weighted by atomic mass is 16.5. The number of nitrogens with one attached hydrogen (secondary N) is 1. The van der Waals surface area contributed by atoms with Gasteiger partial charge in [0.05, 0.1) is 19.8 Å². The van der Waals surface area contributed by atoms with Crippen LogP contribution in [0.25, 0.3) is 0 Å². The van der Waals surface area contributed by atoms with Gasteiger partial charge in [0.15, 0.2) is 11.4 Å². The first-order valence-corrected chi connectivity index (χ1v) is 6.35. The second-order valence-electron chi connectivity index (χ2n) is 4.49. The van der Waals surface area contributed by atoms with Gasteiger partial charge in [0, 0.05) is 18.3 Å². The maximum Gasteiger partial charge on any atom is 0.271 e. The van der Waals surface area contributed by atoms with Gasteiger partial charge in [-0.15, -0.1) is 0 Å². The molecule has 1 aliphatic rings. The average molecular weight is 266 g/mol. The van der Waals surface area contributed by atoms with E-state index in [4.69, 9.17) is 4.74 Å². The lowest BCUT2D eigenvalue weighted by molar-refractivity contribution is 0.0937. The Hall–Kier alpha value is -1.82. The highest BCUT2D eigenvalue weighted by Crippen LogP contribution is 2.29. The third kappa shape index (κ3) is 2.23. The van der Waals surface area contributed by atoms with E-state index < -0.39 is 0 Å². The van der Waals surface area contributed by atoms with Crippen LogP contribution in [0.4, 0.5) is 0 Å². The molecular formula is C13H18N2O4. The van der Waals surface area contributed by atoms with E-state index >= 15 is 0 Å². The van der Waals surface area contributed by atoms with Gasteiger partial charge in [-0.3, -0.25) is 9.59 Å². The van der Waals surface area contributed by atoms with Crippen molar-refractivity contribution >= 4 is 5.91 Å². The summed E-state index contributed by atoms with van der Waals surface area (Å²) in [6.07, 6.45) is 1.40. The summed E-state index contributed by atoms with van der Waals surface area (Å²) in [4.78, 5) is 24.1. The fraction of sp³-hybridized carbons (Fsp3) is 0.538. The van der Waals surface area contributed by atoms with Gasteiger partial charge in [0.25, 0.3) is 5.91 Å². The molecule has 0 fully saturated rings. The zero-order valence-electron chi connectivity index (χ0n) is 11.1. The highest BCUT2D eigenvalue weighted by Gasteiger charge is 2.30. The van der Waals surface area contributed by atoms with E-state index in [0.717, 1.165) is 12.1 Å². The molecule has 0 bridgehead atoms. The second kappa shape index (κ2) is 5.44. The van der Waals surface area contributed by atoms with E-state index in [-0.39, 0.29) is 35.4 Å². The number of aliphatic hydroxyl groups excluding tert-OH is 1. The summed E-state index contributed by atoms with van der Waals surface area (Å²) in [6.45, 7) is 2.20. The summed E-state index contributed by atoms with van der Waals surface area (Å²) in [5.74, 6) is -0.311. The maximum atomic E-state index is 12.2. The molecule has 0 saturated carbocycles. The number of hydrogen-bond donors (Lipinski definition) is 2. The normalized spacial score (nSPS) is 17.1. The number of aliphatic hydroxyl groups is 1. The van der Waals surface area contributed by atoms with Gasteiger partial charge in [-0.25, -0.2) is 0 Å². The summed E-state index contributed by atoms with van der Waals surface area (Å²) in [6, 6.07) is 1.30. The molecule has 1 amide bonds. The molecule has 1 aromatic rings. The maximum absolute atomic E-state index is 12.2. The van der Waals surface area contributed by atoms with E-state index in [1.54, 1.807) is 11.5 Å². The Morgan fingerprint density at radius 1 is 1.63 bits per heavy atom. The van der Waals surface area contributed by atoms with Gasteiger partial charge in [-0.2, -0.15) is 0 Å². The molecule has 19 heavy (non-hydrogen) atoms. The van der Waals surface area contributed by atoms with Crippen LogP contribution in [-0.4, -0.2) is 35.8 Å². The quantitative estimate of drug-likeness (QED) is 0.809. The summed E-state index contributed by atoms with van der Waals surface area (Å²) in [7, 11) is 1.37. The summed E-state index contributed by atoms with van der Waals surface area (Å²) in [5.41, 5.74) is 0.683. The van der Waals surface area contributed by atoms with Crippen molar-refractivity contribution in [2.75, 3.05) is 20.3 Å². The van der Waals surface area contributed by atoms with Crippen molar-refractivity contribution in [3.05, 3.63) is 27.7 Å². The molecule has 104 valence electrons. The number of ether oxygens (including phenoxy) is 1. The lowest BCUT2D eigenvalue weighted by Gasteiger charge is -2.19. The van der Waals surface area contributed by atoms with Crippen LogP contribution in [0, 0.1) is 0 Å². The molecule has 1 atom stereocenters. The van der Waals surface area contributed by atoms with Crippen molar-refractivity contribution in [2.45, 2.75) is 25.8 Å². The number of pyridine rings is 1. The number of amides is 1. The van der Waals surface area contributed by atoms with Crippen molar-refractivity contribution in [1.82, 2.24) is 9.88 Å². The largest absolute Gasteiger partial charge is 0.491 e. The van der Waals surface area contributed by atoms with Gasteiger partial charge < -0.3 is 19.7 Å². The first-order chi connectivity index (χ1) is 9.13. The molecule has 2 heterocycles. The van der Waals surface area contributed by atoms with Crippen LogP contribution in [0.2, 0.25) is 0 Å². The Bertz CT molecular complexity index is 550. The van der Waals surface area contributed by atoms with Crippen LogP contribution >= 0.6 is 0 Å². The van der Waals surface area contributed by atoms with Gasteiger partial charge in [-0.05, 0) is 19.8 Å². The molecule has 1 aliphatic heterocycles. The Labute approximate surface area is 111 Å². The number of carbonyl (C=O) groups is 1. The third-order valence-electron chi connectivity index (χ3n) is 3.35. The monoisotopic (exact) mass is 266 g/mol. The number of aromatic nitrogens is 1. The molecule has 2 rings (SSSR count). The molecule has 6 heteroatoms. The van der Waals surface area contributed by atoms with Crippen molar-refractivity contribution in [3.63, 3.8) is 0 Å². The fourth-order valence-electron chi connectivity index (χ4n) is 2.54. The number of methoxy groups -OCH3 is 1. The van der Waals surface area contributed by atoms with Gasteiger partial charge in [0.1, 0.15) is 0 Å². The van der Waals surface area contributed by atoms with Gasteiger partial charge in [0.2, 0.25) is 5.43 Å². The van der Waals surface area contributed by atoms with Gasteiger partial charge in [-0.1, -0.05) is 0 Å². The average Bonchev–Trinajstić information content (AvgIpc) is 2.79. The van der Waals surface area contributed by atoms with Crippen molar-refractivity contribution in [3.8, 4) is 5.75 Å². The minimum absolute atomic E-state index is 0.0371. The number of aryl methyl sites for hydroxylation is 1. The Morgan fingerprint density at radius 3 is 2.95 bits per heavy atom. The number of hydrogen-bond acceptors (Lipinski definition) is 4. The van der Waals surface area contributed by atoms with Crippen molar-refractivity contribution in [1.29, 1.82) is 0 Å². The van der Waals surface area contributed by atoms with Crippen LogP contribution in [0.15, 0.2) is 10.9 Å². The van der Waals surface area contributed by atoms with Crippen LogP contribution in [-0.2, 0) is 6.42 Å². The topological polar surface area (TPSA) is 80.6 Å². The number of carbonyl (C=O) groups excluding carboxylic acids is 1. The van der Waals surface area contributed by atoms with Gasteiger partial charge >= 0.3 is 0 Å². The van der Waals surface area contributed by atoms with Crippen LogP contribution in [0.3, 0.4) is 0 Å². The molecule has 6 nitrogen and oxygen atoms in total. The second-order valence-corrected chi connectivity index (χ2v) is 4.49. The minimum Gasteiger partial charge on any atom is -0.491 e. The van der Waals surface area contributed by atoms with E-state index in [1.165, 1.54) is 13.2 Å². The fourth-order valence-corrected chi connectivity index (χ4v) is 2.54. The molecule has 0 spiro atoms. The van der Waals surface area contributed by atoms with E-state index in [0.29, 0.717) is 13.0 Å².